The highest BCUT2D eigenvalue weighted by molar-refractivity contribution is 5.70. The lowest BCUT2D eigenvalue weighted by atomic mass is 9.85. The van der Waals surface area contributed by atoms with Gasteiger partial charge in [-0.2, -0.15) is 0 Å². The molecule has 2 rings (SSSR count). The van der Waals surface area contributed by atoms with Crippen LogP contribution in [-0.2, 0) is 14.3 Å². The zero-order valence-electron chi connectivity index (χ0n) is 15.4. The topological polar surface area (TPSA) is 76.7 Å². The van der Waals surface area contributed by atoms with Crippen molar-refractivity contribution in [3.63, 3.8) is 0 Å². The maximum Gasteiger partial charge on any atom is 0.407 e. The molecule has 6 heteroatoms. The summed E-state index contributed by atoms with van der Waals surface area (Å²) in [6, 6.07) is 0.186. The van der Waals surface area contributed by atoms with E-state index < -0.39 is 5.60 Å². The van der Waals surface area contributed by atoms with Crippen LogP contribution in [0.15, 0.2) is 0 Å². The fourth-order valence-corrected chi connectivity index (χ4v) is 4.04. The zero-order chi connectivity index (χ0) is 17.8. The standard InChI is InChI=1S/C18H32N2O4/c1-5-23-15(21)11-14-8-10-18(20-14)9-6-7-13(18)12-19-16(22)24-17(2,3)4/h13-14,20H,5-12H2,1-4H3,(H,19,22)/t13-,14?,18?/m0/s1. The Bertz CT molecular complexity index is 460. The lowest BCUT2D eigenvalue weighted by molar-refractivity contribution is -0.143. The van der Waals surface area contributed by atoms with Crippen LogP contribution >= 0.6 is 0 Å². The summed E-state index contributed by atoms with van der Waals surface area (Å²) in [5.74, 6) is 0.255. The second-order valence-corrected chi connectivity index (χ2v) is 8.02. The molecule has 1 heterocycles. The average molecular weight is 340 g/mol. The monoisotopic (exact) mass is 340 g/mol. The first-order valence-electron chi connectivity index (χ1n) is 9.14. The number of amides is 1. The molecule has 2 aliphatic rings. The molecule has 3 atom stereocenters. The van der Waals surface area contributed by atoms with Crippen LogP contribution < -0.4 is 10.6 Å². The molecule has 1 saturated carbocycles. The van der Waals surface area contributed by atoms with Gasteiger partial charge in [0.25, 0.3) is 0 Å². The molecule has 0 radical (unpaired) electrons. The number of hydrogen-bond acceptors (Lipinski definition) is 5. The molecule has 2 fully saturated rings. The molecule has 138 valence electrons. The summed E-state index contributed by atoms with van der Waals surface area (Å²) >= 11 is 0. The molecule has 6 nitrogen and oxygen atoms in total. The van der Waals surface area contributed by atoms with Crippen LogP contribution in [-0.4, -0.2) is 42.4 Å². The largest absolute Gasteiger partial charge is 0.466 e. The molecule has 24 heavy (non-hydrogen) atoms. The predicted octanol–water partition coefficient (Wildman–Crippen LogP) is 2.76. The van der Waals surface area contributed by atoms with Gasteiger partial charge in [-0.05, 0) is 59.3 Å². The van der Waals surface area contributed by atoms with Crippen LogP contribution in [0.4, 0.5) is 4.79 Å². The SMILES string of the molecule is CCOC(=O)CC1CCC2(CCC[C@H]2CNC(=O)OC(C)(C)C)N1. The summed E-state index contributed by atoms with van der Waals surface area (Å²) in [5.41, 5.74) is -0.431. The van der Waals surface area contributed by atoms with Crippen LogP contribution in [0.1, 0.15) is 66.2 Å². The van der Waals surface area contributed by atoms with Crippen molar-refractivity contribution in [3.8, 4) is 0 Å². The van der Waals surface area contributed by atoms with Crippen molar-refractivity contribution in [1.29, 1.82) is 0 Å². The molecule has 1 aliphatic carbocycles. The second kappa shape index (κ2) is 7.72. The Morgan fingerprint density at radius 3 is 2.67 bits per heavy atom. The highest BCUT2D eigenvalue weighted by atomic mass is 16.6. The van der Waals surface area contributed by atoms with Crippen LogP contribution in [0.5, 0.6) is 0 Å². The smallest absolute Gasteiger partial charge is 0.407 e. The van der Waals surface area contributed by atoms with Crippen molar-refractivity contribution >= 4 is 12.1 Å². The van der Waals surface area contributed by atoms with Crippen molar-refractivity contribution < 1.29 is 19.1 Å². The van der Waals surface area contributed by atoms with E-state index in [2.05, 4.69) is 10.6 Å². The fourth-order valence-electron chi connectivity index (χ4n) is 4.04. The predicted molar refractivity (Wildman–Crippen MR) is 91.7 cm³/mol. The van der Waals surface area contributed by atoms with E-state index in [1.165, 1.54) is 0 Å². The first kappa shape index (κ1) is 19.0. The zero-order valence-corrected chi connectivity index (χ0v) is 15.4. The van der Waals surface area contributed by atoms with E-state index >= 15 is 0 Å². The second-order valence-electron chi connectivity index (χ2n) is 8.02. The summed E-state index contributed by atoms with van der Waals surface area (Å²) < 4.78 is 10.4. The summed E-state index contributed by atoms with van der Waals surface area (Å²) in [7, 11) is 0. The lowest BCUT2D eigenvalue weighted by Crippen LogP contribution is -2.50. The van der Waals surface area contributed by atoms with Crippen molar-refractivity contribution in [2.75, 3.05) is 13.2 Å². The molecule has 0 aromatic heterocycles. The number of rotatable bonds is 5. The van der Waals surface area contributed by atoms with Gasteiger partial charge in [0.2, 0.25) is 0 Å². The number of alkyl carbamates (subject to hydrolysis) is 1. The number of hydrogen-bond donors (Lipinski definition) is 2. The Morgan fingerprint density at radius 1 is 1.25 bits per heavy atom. The number of nitrogens with one attached hydrogen (secondary N) is 2. The third-order valence-electron chi connectivity index (χ3n) is 5.00. The van der Waals surface area contributed by atoms with Crippen molar-refractivity contribution in [2.24, 2.45) is 5.92 Å². The van der Waals surface area contributed by atoms with E-state index in [1.807, 2.05) is 27.7 Å². The van der Waals surface area contributed by atoms with Crippen LogP contribution in [0, 0.1) is 5.92 Å². The molecule has 1 spiro atoms. The van der Waals surface area contributed by atoms with E-state index in [0.29, 0.717) is 25.5 Å². The molecule has 0 aromatic carbocycles. The van der Waals surface area contributed by atoms with Gasteiger partial charge in [0.05, 0.1) is 13.0 Å². The fraction of sp³-hybridized carbons (Fsp3) is 0.889. The molecule has 1 amide bonds. The van der Waals surface area contributed by atoms with E-state index in [0.717, 1.165) is 32.1 Å². The first-order valence-corrected chi connectivity index (χ1v) is 9.14. The van der Waals surface area contributed by atoms with Gasteiger partial charge in [-0.1, -0.05) is 6.42 Å². The molecule has 0 bridgehead atoms. The molecular formula is C18H32N2O4. The number of carbonyl (C=O) groups excluding carboxylic acids is 2. The number of ether oxygens (including phenoxy) is 2. The highest BCUT2D eigenvalue weighted by Crippen LogP contribution is 2.43. The van der Waals surface area contributed by atoms with Crippen molar-refractivity contribution in [2.45, 2.75) is 83.4 Å². The Labute approximate surface area is 145 Å². The van der Waals surface area contributed by atoms with Crippen molar-refractivity contribution in [3.05, 3.63) is 0 Å². The highest BCUT2D eigenvalue weighted by Gasteiger charge is 2.47. The summed E-state index contributed by atoms with van der Waals surface area (Å²) in [5, 5.41) is 6.60. The maximum absolute atomic E-state index is 11.9. The Hall–Kier alpha value is -1.30. The first-order chi connectivity index (χ1) is 11.2. The van der Waals surface area contributed by atoms with Crippen molar-refractivity contribution in [1.82, 2.24) is 10.6 Å². The quantitative estimate of drug-likeness (QED) is 0.753. The number of carbonyl (C=O) groups is 2. The summed E-state index contributed by atoms with van der Waals surface area (Å²) in [6.45, 7) is 8.47. The third kappa shape index (κ3) is 5.10. The van der Waals surface area contributed by atoms with E-state index in [-0.39, 0.29) is 23.6 Å². The van der Waals surface area contributed by atoms with Crippen LogP contribution in [0.3, 0.4) is 0 Å². The van der Waals surface area contributed by atoms with Crippen LogP contribution in [0.25, 0.3) is 0 Å². The van der Waals surface area contributed by atoms with E-state index in [4.69, 9.17) is 9.47 Å². The Balaban J connectivity index is 1.84. The maximum atomic E-state index is 11.9. The van der Waals surface area contributed by atoms with Gasteiger partial charge in [-0.15, -0.1) is 0 Å². The van der Waals surface area contributed by atoms with Gasteiger partial charge in [0.1, 0.15) is 5.60 Å². The van der Waals surface area contributed by atoms with E-state index in [9.17, 15) is 9.59 Å². The van der Waals surface area contributed by atoms with Gasteiger partial charge in [-0.3, -0.25) is 4.79 Å². The molecule has 1 saturated heterocycles. The average Bonchev–Trinajstić information content (AvgIpc) is 3.03. The van der Waals surface area contributed by atoms with Gasteiger partial charge < -0.3 is 20.1 Å². The van der Waals surface area contributed by atoms with Gasteiger partial charge in [-0.25, -0.2) is 4.79 Å². The number of esters is 1. The lowest BCUT2D eigenvalue weighted by Gasteiger charge is -2.33. The van der Waals surface area contributed by atoms with Gasteiger partial charge in [0.15, 0.2) is 0 Å². The molecule has 2 N–H and O–H groups in total. The molecule has 2 unspecified atom stereocenters. The summed E-state index contributed by atoms with van der Waals surface area (Å²) in [6.07, 6.45) is 5.47. The van der Waals surface area contributed by atoms with Crippen LogP contribution in [0.2, 0.25) is 0 Å². The minimum absolute atomic E-state index is 0.0478. The molecule has 0 aromatic rings. The normalized spacial score (nSPS) is 29.7. The van der Waals surface area contributed by atoms with E-state index in [1.54, 1.807) is 0 Å². The van der Waals surface area contributed by atoms with Gasteiger partial charge in [0, 0.05) is 18.1 Å². The Kier molecular flexibility index (Phi) is 6.12. The minimum Gasteiger partial charge on any atom is -0.466 e. The third-order valence-corrected chi connectivity index (χ3v) is 5.00. The Morgan fingerprint density at radius 2 is 2.00 bits per heavy atom. The summed E-state index contributed by atoms with van der Waals surface area (Å²) in [4.78, 5) is 23.6. The molecular weight excluding hydrogens is 308 g/mol. The minimum atomic E-state index is -0.478. The molecule has 1 aliphatic heterocycles. The van der Waals surface area contributed by atoms with Gasteiger partial charge >= 0.3 is 12.1 Å².